The van der Waals surface area contributed by atoms with Gasteiger partial charge in [-0.15, -0.1) is 0 Å². The monoisotopic (exact) mass is 275 g/mol. The van der Waals surface area contributed by atoms with E-state index in [0.717, 1.165) is 15.8 Å². The molecule has 0 saturated carbocycles. The third kappa shape index (κ3) is 3.47. The van der Waals surface area contributed by atoms with Crippen molar-refractivity contribution < 1.29 is 9.13 Å². The lowest BCUT2D eigenvalue weighted by Gasteiger charge is -2.16. The van der Waals surface area contributed by atoms with Crippen molar-refractivity contribution in [3.8, 4) is 5.75 Å². The van der Waals surface area contributed by atoms with E-state index in [1.807, 2.05) is 32.2 Å². The molecule has 0 saturated heterocycles. The Kier molecular flexibility index (Phi) is 5.05. The molecule has 1 unspecified atom stereocenters. The molecule has 0 aliphatic rings. The fraction of sp³-hybridized carbons (Fsp3) is 0.455. The summed E-state index contributed by atoms with van der Waals surface area (Å²) in [5.41, 5.74) is 1.04. The normalized spacial score (nSPS) is 12.5. The summed E-state index contributed by atoms with van der Waals surface area (Å²) in [6.07, 6.45) is 0. The Labute approximate surface area is 98.0 Å². The quantitative estimate of drug-likeness (QED) is 0.892. The van der Waals surface area contributed by atoms with Crippen molar-refractivity contribution >= 4 is 15.9 Å². The average Bonchev–Trinajstić information content (AvgIpc) is 2.25. The minimum atomic E-state index is -0.472. The molecule has 0 aliphatic heterocycles. The Bertz CT molecular complexity index is 319. The third-order valence-electron chi connectivity index (χ3n) is 2.21. The molecule has 1 atom stereocenters. The Morgan fingerprint density at radius 2 is 2.27 bits per heavy atom. The van der Waals surface area contributed by atoms with Crippen molar-refractivity contribution in [1.82, 2.24) is 5.32 Å². The maximum Gasteiger partial charge on any atom is 0.125 e. The van der Waals surface area contributed by atoms with Crippen LogP contribution in [-0.2, 0) is 0 Å². The van der Waals surface area contributed by atoms with Gasteiger partial charge < -0.3 is 10.1 Å². The Morgan fingerprint density at radius 1 is 1.53 bits per heavy atom. The second kappa shape index (κ2) is 6.08. The molecule has 1 aromatic carbocycles. The van der Waals surface area contributed by atoms with E-state index >= 15 is 0 Å². The van der Waals surface area contributed by atoms with Crippen molar-refractivity contribution in [2.45, 2.75) is 13.0 Å². The van der Waals surface area contributed by atoms with Crippen LogP contribution in [0.3, 0.4) is 0 Å². The predicted octanol–water partition coefficient (Wildman–Crippen LogP) is 3.08. The van der Waals surface area contributed by atoms with Crippen LogP contribution in [0.5, 0.6) is 5.75 Å². The summed E-state index contributed by atoms with van der Waals surface area (Å²) in [6.45, 7) is 1.66. The molecule has 2 nitrogen and oxygen atoms in total. The minimum absolute atomic E-state index is 0.0971. The van der Waals surface area contributed by atoms with Crippen molar-refractivity contribution in [3.63, 3.8) is 0 Å². The summed E-state index contributed by atoms with van der Waals surface area (Å²) >= 11 is 3.37. The van der Waals surface area contributed by atoms with Gasteiger partial charge in [0.1, 0.15) is 19.0 Å². The number of nitrogens with one attached hydrogen (secondary N) is 1. The second-order valence-corrected chi connectivity index (χ2v) is 4.15. The average molecular weight is 276 g/mol. The van der Waals surface area contributed by atoms with Crippen LogP contribution < -0.4 is 10.1 Å². The van der Waals surface area contributed by atoms with E-state index in [1.54, 1.807) is 0 Å². The fourth-order valence-electron chi connectivity index (χ4n) is 1.29. The van der Waals surface area contributed by atoms with Gasteiger partial charge in [0.05, 0.1) is 0 Å². The van der Waals surface area contributed by atoms with Crippen LogP contribution in [-0.4, -0.2) is 20.3 Å². The number of hydrogen-bond donors (Lipinski definition) is 1. The largest absolute Gasteiger partial charge is 0.490 e. The van der Waals surface area contributed by atoms with Crippen molar-refractivity contribution in [3.05, 3.63) is 28.2 Å². The van der Waals surface area contributed by atoms with Crippen LogP contribution in [0.25, 0.3) is 0 Å². The highest BCUT2D eigenvalue weighted by Gasteiger charge is 2.10. The molecule has 15 heavy (non-hydrogen) atoms. The second-order valence-electron chi connectivity index (χ2n) is 3.23. The van der Waals surface area contributed by atoms with E-state index in [4.69, 9.17) is 4.74 Å². The number of benzene rings is 1. The van der Waals surface area contributed by atoms with Gasteiger partial charge in [0, 0.05) is 16.1 Å². The highest BCUT2D eigenvalue weighted by atomic mass is 79.9. The van der Waals surface area contributed by atoms with Gasteiger partial charge in [0.15, 0.2) is 0 Å². The zero-order valence-corrected chi connectivity index (χ0v) is 10.5. The van der Waals surface area contributed by atoms with Gasteiger partial charge in [0.2, 0.25) is 0 Å². The molecule has 4 heteroatoms. The minimum Gasteiger partial charge on any atom is -0.490 e. The lowest BCUT2D eigenvalue weighted by Crippen LogP contribution is -2.14. The number of alkyl halides is 1. The van der Waals surface area contributed by atoms with E-state index in [-0.39, 0.29) is 12.6 Å². The first-order valence-corrected chi connectivity index (χ1v) is 5.63. The molecule has 0 heterocycles. The molecule has 0 radical (unpaired) electrons. The van der Waals surface area contributed by atoms with Crippen LogP contribution in [0.2, 0.25) is 0 Å². The summed E-state index contributed by atoms with van der Waals surface area (Å²) in [7, 11) is 1.88. The Balaban J connectivity index is 2.92. The highest BCUT2D eigenvalue weighted by Crippen LogP contribution is 2.28. The summed E-state index contributed by atoms with van der Waals surface area (Å²) < 4.78 is 18.3. The zero-order chi connectivity index (χ0) is 11.3. The molecule has 1 N–H and O–H groups in total. The maximum atomic E-state index is 12.0. The van der Waals surface area contributed by atoms with Gasteiger partial charge in [-0.1, -0.05) is 22.0 Å². The van der Waals surface area contributed by atoms with E-state index in [0.29, 0.717) is 0 Å². The first kappa shape index (κ1) is 12.5. The number of ether oxygens (including phenoxy) is 1. The zero-order valence-electron chi connectivity index (χ0n) is 8.89. The molecular weight excluding hydrogens is 261 g/mol. The SMILES string of the molecule is CNC(C)c1ccc(Br)cc1OCCF. The van der Waals surface area contributed by atoms with E-state index < -0.39 is 6.67 Å². The standard InChI is InChI=1S/C11H15BrFNO/c1-8(14-2)10-4-3-9(12)7-11(10)15-6-5-13/h3-4,7-8,14H,5-6H2,1-2H3. The molecule has 0 aromatic heterocycles. The van der Waals surface area contributed by atoms with Crippen LogP contribution >= 0.6 is 15.9 Å². The molecule has 1 rings (SSSR count). The van der Waals surface area contributed by atoms with Crippen LogP contribution in [0, 0.1) is 0 Å². The lowest BCUT2D eigenvalue weighted by atomic mass is 10.1. The summed E-state index contributed by atoms with van der Waals surface area (Å²) in [6, 6.07) is 5.97. The summed E-state index contributed by atoms with van der Waals surface area (Å²) in [5, 5.41) is 3.13. The van der Waals surface area contributed by atoms with Gasteiger partial charge in [-0.05, 0) is 26.1 Å². The maximum absolute atomic E-state index is 12.0. The summed E-state index contributed by atoms with van der Waals surface area (Å²) in [5.74, 6) is 0.726. The molecule has 0 spiro atoms. The molecule has 1 aromatic rings. The smallest absolute Gasteiger partial charge is 0.125 e. The van der Waals surface area contributed by atoms with Gasteiger partial charge in [-0.3, -0.25) is 0 Å². The van der Waals surface area contributed by atoms with Crippen molar-refractivity contribution in [2.24, 2.45) is 0 Å². The van der Waals surface area contributed by atoms with Crippen LogP contribution in [0.15, 0.2) is 22.7 Å². The number of halogens is 2. The van der Waals surface area contributed by atoms with E-state index in [1.165, 1.54) is 0 Å². The van der Waals surface area contributed by atoms with Crippen LogP contribution in [0.1, 0.15) is 18.5 Å². The van der Waals surface area contributed by atoms with Gasteiger partial charge >= 0.3 is 0 Å². The molecule has 0 aliphatic carbocycles. The van der Waals surface area contributed by atoms with Crippen molar-refractivity contribution in [2.75, 3.05) is 20.3 Å². The molecular formula is C11H15BrFNO. The molecule has 84 valence electrons. The summed E-state index contributed by atoms with van der Waals surface area (Å²) in [4.78, 5) is 0. The third-order valence-corrected chi connectivity index (χ3v) is 2.70. The Hall–Kier alpha value is -0.610. The first-order valence-electron chi connectivity index (χ1n) is 4.84. The van der Waals surface area contributed by atoms with E-state index in [9.17, 15) is 4.39 Å². The molecule has 0 fully saturated rings. The predicted molar refractivity (Wildman–Crippen MR) is 63.1 cm³/mol. The molecule has 0 amide bonds. The number of rotatable bonds is 5. The number of hydrogen-bond acceptors (Lipinski definition) is 2. The fourth-order valence-corrected chi connectivity index (χ4v) is 1.64. The highest BCUT2D eigenvalue weighted by molar-refractivity contribution is 9.10. The van der Waals surface area contributed by atoms with Gasteiger partial charge in [-0.2, -0.15) is 0 Å². The topological polar surface area (TPSA) is 21.3 Å². The van der Waals surface area contributed by atoms with Gasteiger partial charge in [-0.25, -0.2) is 4.39 Å². The molecule has 0 bridgehead atoms. The first-order chi connectivity index (χ1) is 7.19. The Morgan fingerprint density at radius 3 is 2.87 bits per heavy atom. The van der Waals surface area contributed by atoms with Crippen molar-refractivity contribution in [1.29, 1.82) is 0 Å². The van der Waals surface area contributed by atoms with Gasteiger partial charge in [0.25, 0.3) is 0 Å². The van der Waals surface area contributed by atoms with Crippen LogP contribution in [0.4, 0.5) is 4.39 Å². The van der Waals surface area contributed by atoms with E-state index in [2.05, 4.69) is 21.2 Å². The lowest BCUT2D eigenvalue weighted by molar-refractivity contribution is 0.269.